The summed E-state index contributed by atoms with van der Waals surface area (Å²) in [7, 11) is -1.14. The predicted octanol–water partition coefficient (Wildman–Crippen LogP) is 5.72. The average Bonchev–Trinajstić information content (AvgIpc) is 3.04. The molecule has 1 amide bonds. The lowest BCUT2D eigenvalue weighted by Crippen LogP contribution is -2.46. The van der Waals surface area contributed by atoms with Crippen molar-refractivity contribution in [1.29, 1.82) is 0 Å². The van der Waals surface area contributed by atoms with Gasteiger partial charge in [0.2, 0.25) is 0 Å². The molecule has 1 aromatic carbocycles. The molecule has 0 spiro atoms. The monoisotopic (exact) mass is 463 g/mol. The van der Waals surface area contributed by atoms with Crippen LogP contribution in [0.25, 0.3) is 10.9 Å². The van der Waals surface area contributed by atoms with E-state index in [-0.39, 0.29) is 12.5 Å². The summed E-state index contributed by atoms with van der Waals surface area (Å²) >= 11 is 0. The van der Waals surface area contributed by atoms with Gasteiger partial charge < -0.3 is 14.4 Å². The maximum absolute atomic E-state index is 15.3. The van der Waals surface area contributed by atoms with Crippen molar-refractivity contribution in [1.82, 2.24) is 14.7 Å². The number of hydrogen-bond donors (Lipinski definition) is 0. The number of carbonyl (C=O) groups is 1. The first kappa shape index (κ1) is 24.7. The number of aryl methyl sites for hydroxylation is 1. The van der Waals surface area contributed by atoms with E-state index < -0.39 is 25.9 Å². The molecular formula is C24H38FN3O3Si. The van der Waals surface area contributed by atoms with Crippen LogP contribution in [-0.4, -0.2) is 60.3 Å². The largest absolute Gasteiger partial charge is 0.444 e. The number of carbonyl (C=O) groups excluding carboxylic acids is 1. The SMILES string of the molecule is Cc1cc2cnn(COCC[Si](C)(C)C)c2cc1C1CCN(C(=O)OC(C)(C)C)CC1F. The van der Waals surface area contributed by atoms with Gasteiger partial charge in [-0.05, 0) is 63.4 Å². The molecule has 1 aliphatic rings. The molecule has 0 saturated carbocycles. The molecule has 2 heterocycles. The first-order chi connectivity index (χ1) is 14.8. The number of rotatable bonds is 6. The highest BCUT2D eigenvalue weighted by molar-refractivity contribution is 6.76. The Kier molecular flexibility index (Phi) is 7.34. The fourth-order valence-electron chi connectivity index (χ4n) is 4.04. The van der Waals surface area contributed by atoms with Crippen LogP contribution < -0.4 is 0 Å². The lowest BCUT2D eigenvalue weighted by atomic mass is 9.85. The van der Waals surface area contributed by atoms with E-state index in [9.17, 15) is 4.79 Å². The van der Waals surface area contributed by atoms with Crippen LogP contribution in [0.15, 0.2) is 18.3 Å². The van der Waals surface area contributed by atoms with Gasteiger partial charge in [0.15, 0.2) is 0 Å². The van der Waals surface area contributed by atoms with Gasteiger partial charge >= 0.3 is 6.09 Å². The number of halogens is 1. The second kappa shape index (κ2) is 9.51. The molecule has 0 bridgehead atoms. The van der Waals surface area contributed by atoms with E-state index in [1.54, 1.807) is 0 Å². The third-order valence-corrected chi connectivity index (χ3v) is 7.54. The van der Waals surface area contributed by atoms with E-state index in [1.165, 1.54) is 4.90 Å². The Hall–Kier alpha value is -1.93. The zero-order valence-electron chi connectivity index (χ0n) is 20.6. The van der Waals surface area contributed by atoms with E-state index in [4.69, 9.17) is 9.47 Å². The van der Waals surface area contributed by atoms with E-state index >= 15 is 4.39 Å². The molecule has 8 heteroatoms. The van der Waals surface area contributed by atoms with Crippen LogP contribution in [0.2, 0.25) is 25.7 Å². The molecule has 1 aromatic heterocycles. The molecule has 1 aliphatic heterocycles. The Morgan fingerprint density at radius 3 is 2.62 bits per heavy atom. The first-order valence-electron chi connectivity index (χ1n) is 11.5. The first-order valence-corrected chi connectivity index (χ1v) is 15.2. The summed E-state index contributed by atoms with van der Waals surface area (Å²) in [6.07, 6.45) is 0.815. The van der Waals surface area contributed by atoms with Crippen LogP contribution >= 0.6 is 0 Å². The van der Waals surface area contributed by atoms with Crippen molar-refractivity contribution in [2.75, 3.05) is 19.7 Å². The predicted molar refractivity (Wildman–Crippen MR) is 129 cm³/mol. The van der Waals surface area contributed by atoms with Crippen LogP contribution in [-0.2, 0) is 16.2 Å². The molecule has 3 rings (SSSR count). The molecule has 178 valence electrons. The third kappa shape index (κ3) is 6.31. The molecule has 0 N–H and O–H groups in total. The van der Waals surface area contributed by atoms with Gasteiger partial charge in [0.1, 0.15) is 18.5 Å². The van der Waals surface area contributed by atoms with Crippen LogP contribution in [0.4, 0.5) is 9.18 Å². The van der Waals surface area contributed by atoms with Crippen LogP contribution in [0, 0.1) is 6.92 Å². The zero-order valence-corrected chi connectivity index (χ0v) is 21.6. The van der Waals surface area contributed by atoms with Crippen LogP contribution in [0.3, 0.4) is 0 Å². The summed E-state index contributed by atoms with van der Waals surface area (Å²) < 4.78 is 28.4. The van der Waals surface area contributed by atoms with Gasteiger partial charge in [-0.3, -0.25) is 0 Å². The second-order valence-corrected chi connectivity index (χ2v) is 16.7. The number of aromatic nitrogens is 2. The van der Waals surface area contributed by atoms with Crippen molar-refractivity contribution >= 4 is 25.1 Å². The summed E-state index contributed by atoms with van der Waals surface area (Å²) in [6, 6.07) is 5.24. The Balaban J connectivity index is 1.72. The molecule has 32 heavy (non-hydrogen) atoms. The zero-order chi connectivity index (χ0) is 23.7. The number of alkyl halides is 1. The smallest absolute Gasteiger partial charge is 0.410 e. The van der Waals surface area contributed by atoms with Gasteiger partial charge in [-0.1, -0.05) is 19.6 Å². The molecule has 1 fully saturated rings. The fourth-order valence-corrected chi connectivity index (χ4v) is 4.79. The highest BCUT2D eigenvalue weighted by Gasteiger charge is 2.35. The summed E-state index contributed by atoms with van der Waals surface area (Å²) in [5.41, 5.74) is 2.41. The van der Waals surface area contributed by atoms with Crippen LogP contribution in [0.1, 0.15) is 44.2 Å². The van der Waals surface area contributed by atoms with E-state index in [1.807, 2.05) is 38.6 Å². The van der Waals surface area contributed by atoms with Gasteiger partial charge in [0, 0.05) is 32.5 Å². The molecule has 0 radical (unpaired) electrons. The quantitative estimate of drug-likeness (QED) is 0.406. The van der Waals surface area contributed by atoms with Gasteiger partial charge in [0.25, 0.3) is 0 Å². The lowest BCUT2D eigenvalue weighted by molar-refractivity contribution is 0.0111. The number of nitrogens with zero attached hydrogens (tertiary/aromatic N) is 3. The highest BCUT2D eigenvalue weighted by atomic mass is 28.3. The minimum Gasteiger partial charge on any atom is -0.444 e. The molecule has 2 unspecified atom stereocenters. The van der Waals surface area contributed by atoms with Crippen LogP contribution in [0.5, 0.6) is 0 Å². The van der Waals surface area contributed by atoms with Crippen molar-refractivity contribution < 1.29 is 18.7 Å². The van der Waals surface area contributed by atoms with Gasteiger partial charge in [-0.25, -0.2) is 13.9 Å². The standard InChI is InChI=1S/C24H38FN3O3Si/c1-17-12-18-14-26-28(16-30-10-11-32(5,6)7)22(18)13-20(17)19-8-9-27(15-21(19)25)23(29)31-24(2,3)4/h12-14,19,21H,8-11,15-16H2,1-7H3. The number of hydrogen-bond acceptors (Lipinski definition) is 4. The molecule has 0 aliphatic carbocycles. The summed E-state index contributed by atoms with van der Waals surface area (Å²) in [4.78, 5) is 13.8. The Bertz CT molecular complexity index is 948. The highest BCUT2D eigenvalue weighted by Crippen LogP contribution is 2.35. The maximum atomic E-state index is 15.3. The number of ether oxygens (including phenoxy) is 2. The number of amides is 1. The molecule has 6 nitrogen and oxygen atoms in total. The fraction of sp³-hybridized carbons (Fsp3) is 0.667. The van der Waals surface area contributed by atoms with Gasteiger partial charge in [-0.2, -0.15) is 5.10 Å². The lowest BCUT2D eigenvalue weighted by Gasteiger charge is -2.36. The molecule has 2 atom stereocenters. The van der Waals surface area contributed by atoms with Crippen molar-refractivity contribution in [3.8, 4) is 0 Å². The Labute approximate surface area is 192 Å². The molecular weight excluding hydrogens is 425 g/mol. The number of likely N-dealkylation sites (tertiary alicyclic amines) is 1. The Morgan fingerprint density at radius 2 is 2.00 bits per heavy atom. The van der Waals surface area contributed by atoms with E-state index in [0.29, 0.717) is 19.7 Å². The number of benzene rings is 1. The minimum atomic E-state index is -1.14. The maximum Gasteiger partial charge on any atom is 0.410 e. The van der Waals surface area contributed by atoms with Gasteiger partial charge in [0.05, 0.1) is 18.3 Å². The molecule has 1 saturated heterocycles. The number of fused-ring (bicyclic) bond motifs is 1. The van der Waals surface area contributed by atoms with Crippen molar-refractivity contribution in [2.24, 2.45) is 0 Å². The Morgan fingerprint density at radius 1 is 1.28 bits per heavy atom. The molecule has 2 aromatic rings. The van der Waals surface area contributed by atoms with Crippen molar-refractivity contribution in [3.63, 3.8) is 0 Å². The van der Waals surface area contributed by atoms with E-state index in [0.717, 1.165) is 34.7 Å². The topological polar surface area (TPSA) is 56.6 Å². The van der Waals surface area contributed by atoms with Crippen molar-refractivity contribution in [2.45, 2.75) is 84.2 Å². The normalized spacial score (nSPS) is 20.1. The summed E-state index contributed by atoms with van der Waals surface area (Å²) in [6.45, 7) is 16.1. The van der Waals surface area contributed by atoms with Crippen molar-refractivity contribution in [3.05, 3.63) is 29.5 Å². The van der Waals surface area contributed by atoms with Gasteiger partial charge in [-0.15, -0.1) is 0 Å². The summed E-state index contributed by atoms with van der Waals surface area (Å²) in [5, 5.41) is 5.51. The second-order valence-electron chi connectivity index (χ2n) is 11.1. The van der Waals surface area contributed by atoms with E-state index in [2.05, 4.69) is 36.9 Å². The average molecular weight is 464 g/mol. The third-order valence-electron chi connectivity index (χ3n) is 5.83. The minimum absolute atomic E-state index is 0.0517. The summed E-state index contributed by atoms with van der Waals surface area (Å²) in [5.74, 6) is -0.255. The number of piperidine rings is 1.